The van der Waals surface area contributed by atoms with Gasteiger partial charge in [0.05, 0.1) is 24.2 Å². The zero-order chi connectivity index (χ0) is 17.2. The monoisotopic (exact) mass is 336 g/mol. The molecule has 0 saturated carbocycles. The maximum Gasteiger partial charge on any atom is 0.129 e. The SMILES string of the molecule is CCCCOc1ccc(N2CCn3c(nc4cc(N)ccc43)C2)cc1. The van der Waals surface area contributed by atoms with Crippen molar-refractivity contribution in [2.75, 3.05) is 23.8 Å². The molecular weight excluding hydrogens is 312 g/mol. The minimum Gasteiger partial charge on any atom is -0.494 e. The Morgan fingerprint density at radius 2 is 1.96 bits per heavy atom. The minimum atomic E-state index is 0.762. The highest BCUT2D eigenvalue weighted by Crippen LogP contribution is 2.27. The summed E-state index contributed by atoms with van der Waals surface area (Å²) in [7, 11) is 0. The van der Waals surface area contributed by atoms with Crippen LogP contribution in [0.25, 0.3) is 11.0 Å². The Balaban J connectivity index is 1.51. The molecule has 0 saturated heterocycles. The van der Waals surface area contributed by atoms with Crippen LogP contribution in [0, 0.1) is 0 Å². The van der Waals surface area contributed by atoms with Gasteiger partial charge in [0.2, 0.25) is 0 Å². The molecule has 0 bridgehead atoms. The van der Waals surface area contributed by atoms with E-state index in [2.05, 4.69) is 46.7 Å². The highest BCUT2D eigenvalue weighted by molar-refractivity contribution is 5.80. The Morgan fingerprint density at radius 1 is 1.12 bits per heavy atom. The molecule has 25 heavy (non-hydrogen) atoms. The molecule has 2 aromatic carbocycles. The molecule has 1 aliphatic heterocycles. The van der Waals surface area contributed by atoms with E-state index in [9.17, 15) is 0 Å². The number of aromatic nitrogens is 2. The van der Waals surface area contributed by atoms with E-state index in [1.807, 2.05) is 12.1 Å². The van der Waals surface area contributed by atoms with Crippen molar-refractivity contribution in [3.05, 3.63) is 48.3 Å². The molecule has 0 atom stereocenters. The molecule has 130 valence electrons. The molecule has 0 spiro atoms. The smallest absolute Gasteiger partial charge is 0.129 e. The van der Waals surface area contributed by atoms with Gasteiger partial charge in [0.15, 0.2) is 0 Å². The Morgan fingerprint density at radius 3 is 2.76 bits per heavy atom. The number of hydrogen-bond donors (Lipinski definition) is 1. The maximum absolute atomic E-state index is 5.89. The minimum absolute atomic E-state index is 0.762. The van der Waals surface area contributed by atoms with Crippen LogP contribution in [0.3, 0.4) is 0 Å². The summed E-state index contributed by atoms with van der Waals surface area (Å²) in [5.41, 5.74) is 10.0. The van der Waals surface area contributed by atoms with Crippen molar-refractivity contribution >= 4 is 22.4 Å². The van der Waals surface area contributed by atoms with Crippen LogP contribution in [0.5, 0.6) is 5.75 Å². The third-order valence-corrected chi connectivity index (χ3v) is 4.75. The fraction of sp³-hybridized carbons (Fsp3) is 0.350. The number of nitrogens with two attached hydrogens (primary N) is 1. The lowest BCUT2D eigenvalue weighted by Gasteiger charge is -2.30. The second kappa shape index (κ2) is 6.67. The summed E-state index contributed by atoms with van der Waals surface area (Å²) in [6.07, 6.45) is 2.24. The van der Waals surface area contributed by atoms with E-state index >= 15 is 0 Å². The van der Waals surface area contributed by atoms with Crippen molar-refractivity contribution in [2.45, 2.75) is 32.9 Å². The molecule has 0 unspecified atom stereocenters. The van der Waals surface area contributed by atoms with Crippen LogP contribution in [0.1, 0.15) is 25.6 Å². The van der Waals surface area contributed by atoms with Gasteiger partial charge in [0.25, 0.3) is 0 Å². The summed E-state index contributed by atoms with van der Waals surface area (Å²) in [5, 5.41) is 0. The standard InChI is InChI=1S/C20H24N4O/c1-2-3-12-25-17-7-5-16(6-8-17)23-10-11-24-19-9-4-15(21)13-18(19)22-20(24)14-23/h4-9,13H,2-3,10-12,14,21H2,1H3. The van der Waals surface area contributed by atoms with Gasteiger partial charge in [-0.15, -0.1) is 0 Å². The first-order chi connectivity index (χ1) is 12.2. The van der Waals surface area contributed by atoms with Gasteiger partial charge in [0, 0.05) is 24.5 Å². The van der Waals surface area contributed by atoms with Crippen molar-refractivity contribution in [1.82, 2.24) is 9.55 Å². The van der Waals surface area contributed by atoms with E-state index in [1.165, 1.54) is 11.2 Å². The number of unbranched alkanes of at least 4 members (excludes halogenated alkanes) is 1. The van der Waals surface area contributed by atoms with Gasteiger partial charge in [-0.1, -0.05) is 13.3 Å². The molecule has 0 radical (unpaired) electrons. The van der Waals surface area contributed by atoms with Crippen molar-refractivity contribution in [3.63, 3.8) is 0 Å². The predicted molar refractivity (Wildman–Crippen MR) is 102 cm³/mol. The van der Waals surface area contributed by atoms with E-state index in [0.29, 0.717) is 0 Å². The first-order valence-electron chi connectivity index (χ1n) is 8.97. The lowest BCUT2D eigenvalue weighted by molar-refractivity contribution is 0.309. The third kappa shape index (κ3) is 3.14. The fourth-order valence-corrected chi connectivity index (χ4v) is 3.35. The van der Waals surface area contributed by atoms with Gasteiger partial charge in [-0.2, -0.15) is 0 Å². The Kier molecular flexibility index (Phi) is 4.22. The summed E-state index contributed by atoms with van der Waals surface area (Å²) in [5.74, 6) is 2.03. The summed E-state index contributed by atoms with van der Waals surface area (Å²) in [6, 6.07) is 14.4. The summed E-state index contributed by atoms with van der Waals surface area (Å²) < 4.78 is 8.05. The quantitative estimate of drug-likeness (QED) is 0.568. The van der Waals surface area contributed by atoms with E-state index in [1.54, 1.807) is 0 Å². The third-order valence-electron chi connectivity index (χ3n) is 4.75. The van der Waals surface area contributed by atoms with Gasteiger partial charge in [-0.25, -0.2) is 4.98 Å². The molecule has 0 fully saturated rings. The van der Waals surface area contributed by atoms with Crippen LogP contribution in [-0.4, -0.2) is 22.7 Å². The van der Waals surface area contributed by atoms with E-state index in [0.717, 1.165) is 61.9 Å². The number of anilines is 2. The Bertz CT molecular complexity index is 869. The summed E-state index contributed by atoms with van der Waals surface area (Å²) in [4.78, 5) is 7.14. The average molecular weight is 336 g/mol. The van der Waals surface area contributed by atoms with Gasteiger partial charge in [-0.3, -0.25) is 0 Å². The lowest BCUT2D eigenvalue weighted by atomic mass is 10.2. The van der Waals surface area contributed by atoms with Crippen LogP contribution < -0.4 is 15.4 Å². The fourth-order valence-electron chi connectivity index (χ4n) is 3.35. The molecule has 2 N–H and O–H groups in total. The van der Waals surface area contributed by atoms with Crippen LogP contribution in [0.2, 0.25) is 0 Å². The number of rotatable bonds is 5. The summed E-state index contributed by atoms with van der Waals surface area (Å²) >= 11 is 0. The normalized spacial score (nSPS) is 13.9. The van der Waals surface area contributed by atoms with Crippen molar-refractivity contribution < 1.29 is 4.74 Å². The average Bonchev–Trinajstić information content (AvgIpc) is 2.99. The van der Waals surface area contributed by atoms with Gasteiger partial charge in [-0.05, 0) is 48.9 Å². The molecular formula is C20H24N4O. The zero-order valence-corrected chi connectivity index (χ0v) is 14.6. The Hall–Kier alpha value is -2.69. The predicted octanol–water partition coefficient (Wildman–Crippen LogP) is 3.82. The van der Waals surface area contributed by atoms with Crippen molar-refractivity contribution in [2.24, 2.45) is 0 Å². The van der Waals surface area contributed by atoms with Gasteiger partial charge < -0.3 is 19.9 Å². The zero-order valence-electron chi connectivity index (χ0n) is 14.6. The molecule has 5 heteroatoms. The molecule has 2 heterocycles. The van der Waals surface area contributed by atoms with Crippen molar-refractivity contribution in [1.29, 1.82) is 0 Å². The second-order valence-electron chi connectivity index (χ2n) is 6.55. The number of fused-ring (bicyclic) bond motifs is 3. The first kappa shape index (κ1) is 15.8. The van der Waals surface area contributed by atoms with E-state index in [4.69, 9.17) is 15.5 Å². The van der Waals surface area contributed by atoms with Crippen LogP contribution in [-0.2, 0) is 13.1 Å². The molecule has 0 aliphatic carbocycles. The Labute approximate surface area is 148 Å². The molecule has 0 amide bonds. The van der Waals surface area contributed by atoms with Crippen LogP contribution in [0.15, 0.2) is 42.5 Å². The van der Waals surface area contributed by atoms with Crippen LogP contribution in [0.4, 0.5) is 11.4 Å². The topological polar surface area (TPSA) is 56.3 Å². The lowest BCUT2D eigenvalue weighted by Crippen LogP contribution is -2.33. The van der Waals surface area contributed by atoms with Gasteiger partial charge in [0.1, 0.15) is 11.6 Å². The number of nitrogen functional groups attached to an aromatic ring is 1. The highest BCUT2D eigenvalue weighted by Gasteiger charge is 2.20. The molecule has 1 aromatic heterocycles. The molecule has 1 aliphatic rings. The maximum atomic E-state index is 5.89. The van der Waals surface area contributed by atoms with E-state index < -0.39 is 0 Å². The number of ether oxygens (including phenoxy) is 1. The molecule has 4 rings (SSSR count). The highest BCUT2D eigenvalue weighted by atomic mass is 16.5. The van der Waals surface area contributed by atoms with Crippen molar-refractivity contribution in [3.8, 4) is 5.75 Å². The second-order valence-corrected chi connectivity index (χ2v) is 6.55. The largest absolute Gasteiger partial charge is 0.494 e. The number of nitrogens with zero attached hydrogens (tertiary/aromatic N) is 3. The van der Waals surface area contributed by atoms with Gasteiger partial charge >= 0.3 is 0 Å². The molecule has 3 aromatic rings. The summed E-state index contributed by atoms with van der Waals surface area (Å²) in [6.45, 7) is 5.67. The molecule has 5 nitrogen and oxygen atoms in total. The number of hydrogen-bond acceptors (Lipinski definition) is 4. The van der Waals surface area contributed by atoms with E-state index in [-0.39, 0.29) is 0 Å². The number of imidazole rings is 1. The number of benzene rings is 2. The first-order valence-corrected chi connectivity index (χ1v) is 8.97. The van der Waals surface area contributed by atoms with Crippen LogP contribution >= 0.6 is 0 Å².